The summed E-state index contributed by atoms with van der Waals surface area (Å²) in [6.45, 7) is 2.43. The number of nitrogens with one attached hydrogen (secondary N) is 1. The molecule has 0 aliphatic heterocycles. The van der Waals surface area contributed by atoms with Crippen molar-refractivity contribution < 1.29 is 9.21 Å². The largest absolute Gasteiger partial charge is 0.445 e. The van der Waals surface area contributed by atoms with Crippen molar-refractivity contribution in [2.45, 2.75) is 58.0 Å². The third-order valence-corrected chi connectivity index (χ3v) is 3.82. The molecule has 1 aromatic heterocycles. The molecule has 1 saturated carbocycles. The summed E-state index contributed by atoms with van der Waals surface area (Å²) in [5, 5.41) is 3.39. The van der Waals surface area contributed by atoms with Crippen LogP contribution in [0, 0.1) is 12.8 Å². The average Bonchev–Trinajstić information content (AvgIpc) is 2.81. The van der Waals surface area contributed by atoms with Gasteiger partial charge in [-0.2, -0.15) is 0 Å². The molecule has 0 unspecified atom stereocenters. The average molecular weight is 265 g/mol. The number of aromatic nitrogens is 1. The van der Waals surface area contributed by atoms with Crippen molar-refractivity contribution in [1.29, 1.82) is 0 Å². The Labute approximate surface area is 114 Å². The maximum atomic E-state index is 11.2. The van der Waals surface area contributed by atoms with Crippen LogP contribution in [0.4, 0.5) is 0 Å². The Kier molecular flexibility index (Phi) is 4.96. The smallest absolute Gasteiger partial charge is 0.218 e. The van der Waals surface area contributed by atoms with E-state index in [1.54, 1.807) is 6.20 Å². The van der Waals surface area contributed by atoms with Gasteiger partial charge in [0, 0.05) is 12.5 Å². The first-order chi connectivity index (χ1) is 9.15. The molecule has 1 atom stereocenters. The second-order valence-corrected chi connectivity index (χ2v) is 5.42. The topological polar surface area (TPSA) is 81.1 Å². The lowest BCUT2D eigenvalue weighted by atomic mass is 9.82. The maximum absolute atomic E-state index is 11.2. The number of oxazole rings is 1. The highest BCUT2D eigenvalue weighted by Crippen LogP contribution is 2.27. The van der Waals surface area contributed by atoms with Gasteiger partial charge in [0.2, 0.25) is 11.8 Å². The Hall–Kier alpha value is -1.36. The molecule has 1 aliphatic rings. The highest BCUT2D eigenvalue weighted by atomic mass is 16.4. The van der Waals surface area contributed by atoms with E-state index in [1.165, 1.54) is 32.1 Å². The van der Waals surface area contributed by atoms with Gasteiger partial charge < -0.3 is 15.5 Å². The lowest BCUT2D eigenvalue weighted by molar-refractivity contribution is -0.118. The number of nitrogens with two attached hydrogens (primary N) is 1. The zero-order chi connectivity index (χ0) is 13.7. The van der Waals surface area contributed by atoms with Crippen molar-refractivity contribution in [3.63, 3.8) is 0 Å². The summed E-state index contributed by atoms with van der Waals surface area (Å²) in [7, 11) is 0. The van der Waals surface area contributed by atoms with Gasteiger partial charge in [-0.3, -0.25) is 4.79 Å². The Morgan fingerprint density at radius 2 is 2.26 bits per heavy atom. The highest BCUT2D eigenvalue weighted by Gasteiger charge is 2.25. The third kappa shape index (κ3) is 4.35. The van der Waals surface area contributed by atoms with Gasteiger partial charge in [0.05, 0.1) is 12.7 Å². The number of nitrogens with zero attached hydrogens (tertiary/aromatic N) is 1. The molecule has 2 rings (SSSR count). The molecule has 0 bridgehead atoms. The van der Waals surface area contributed by atoms with E-state index in [0.717, 1.165) is 5.76 Å². The Morgan fingerprint density at radius 1 is 1.53 bits per heavy atom. The van der Waals surface area contributed by atoms with E-state index < -0.39 is 0 Å². The van der Waals surface area contributed by atoms with Crippen LogP contribution in [0.2, 0.25) is 0 Å². The summed E-state index contributed by atoms with van der Waals surface area (Å²) < 4.78 is 5.44. The van der Waals surface area contributed by atoms with Crippen LogP contribution in [0.5, 0.6) is 0 Å². The molecule has 1 aromatic rings. The standard InChI is InChI=1S/C14H23N3O2/c1-10-8-17-14(19-10)9-16-12(7-13(15)18)11-5-3-2-4-6-11/h8,11-12,16H,2-7,9H2,1H3,(H2,15,18)/t12-/m1/s1. The van der Waals surface area contributed by atoms with Crippen LogP contribution >= 0.6 is 0 Å². The molecule has 0 radical (unpaired) electrons. The van der Waals surface area contributed by atoms with Gasteiger partial charge in [-0.1, -0.05) is 19.3 Å². The molecule has 1 amide bonds. The number of amides is 1. The van der Waals surface area contributed by atoms with E-state index in [4.69, 9.17) is 10.2 Å². The number of aryl methyl sites for hydroxylation is 1. The normalized spacial score (nSPS) is 18.4. The number of carbonyl (C=O) groups is 1. The monoisotopic (exact) mass is 265 g/mol. The molecule has 1 fully saturated rings. The fourth-order valence-corrected chi connectivity index (χ4v) is 2.86. The van der Waals surface area contributed by atoms with E-state index in [-0.39, 0.29) is 11.9 Å². The zero-order valence-corrected chi connectivity index (χ0v) is 11.5. The molecule has 1 heterocycles. The predicted molar refractivity (Wildman–Crippen MR) is 72.3 cm³/mol. The first kappa shape index (κ1) is 14.1. The first-order valence-electron chi connectivity index (χ1n) is 7.08. The van der Waals surface area contributed by atoms with Crippen LogP contribution in [0.1, 0.15) is 50.2 Å². The van der Waals surface area contributed by atoms with Gasteiger partial charge >= 0.3 is 0 Å². The molecule has 0 spiro atoms. The van der Waals surface area contributed by atoms with Gasteiger partial charge in [0.25, 0.3) is 0 Å². The molecule has 5 heteroatoms. The van der Waals surface area contributed by atoms with Crippen molar-refractivity contribution in [1.82, 2.24) is 10.3 Å². The fourth-order valence-electron chi connectivity index (χ4n) is 2.86. The maximum Gasteiger partial charge on any atom is 0.218 e. The quantitative estimate of drug-likeness (QED) is 0.823. The van der Waals surface area contributed by atoms with Crippen LogP contribution in [0.3, 0.4) is 0 Å². The molecule has 5 nitrogen and oxygen atoms in total. The lowest BCUT2D eigenvalue weighted by Gasteiger charge is -2.30. The minimum atomic E-state index is -0.244. The van der Waals surface area contributed by atoms with Crippen LogP contribution in [0.15, 0.2) is 10.6 Å². The molecule has 3 N–H and O–H groups in total. The molecule has 106 valence electrons. The van der Waals surface area contributed by atoms with Crippen LogP contribution in [-0.2, 0) is 11.3 Å². The Balaban J connectivity index is 1.90. The molecular weight excluding hydrogens is 242 g/mol. The van der Waals surface area contributed by atoms with Gasteiger partial charge in [-0.25, -0.2) is 4.98 Å². The van der Waals surface area contributed by atoms with Gasteiger partial charge in [-0.15, -0.1) is 0 Å². The van der Waals surface area contributed by atoms with Crippen molar-refractivity contribution in [2.75, 3.05) is 0 Å². The van der Waals surface area contributed by atoms with E-state index in [9.17, 15) is 4.79 Å². The number of primary amides is 1. The number of carbonyl (C=O) groups excluding carboxylic acids is 1. The Bertz CT molecular complexity index is 411. The van der Waals surface area contributed by atoms with Gasteiger partial charge in [-0.05, 0) is 25.7 Å². The second-order valence-electron chi connectivity index (χ2n) is 5.42. The first-order valence-corrected chi connectivity index (χ1v) is 7.08. The summed E-state index contributed by atoms with van der Waals surface area (Å²) in [5.41, 5.74) is 5.36. The van der Waals surface area contributed by atoms with Crippen molar-refractivity contribution in [3.05, 3.63) is 17.8 Å². The molecule has 19 heavy (non-hydrogen) atoms. The minimum Gasteiger partial charge on any atom is -0.445 e. The zero-order valence-electron chi connectivity index (χ0n) is 11.5. The summed E-state index contributed by atoms with van der Waals surface area (Å²) in [5.74, 6) is 1.77. The van der Waals surface area contributed by atoms with Crippen molar-refractivity contribution in [2.24, 2.45) is 11.7 Å². The highest BCUT2D eigenvalue weighted by molar-refractivity contribution is 5.74. The number of hydrogen-bond donors (Lipinski definition) is 2. The predicted octanol–water partition coefficient (Wildman–Crippen LogP) is 1.90. The molecule has 1 aliphatic carbocycles. The van der Waals surface area contributed by atoms with E-state index in [1.807, 2.05) is 6.92 Å². The van der Waals surface area contributed by atoms with E-state index in [2.05, 4.69) is 10.3 Å². The molecular formula is C14H23N3O2. The second kappa shape index (κ2) is 6.70. The third-order valence-electron chi connectivity index (χ3n) is 3.82. The van der Waals surface area contributed by atoms with Crippen molar-refractivity contribution in [3.8, 4) is 0 Å². The fraction of sp³-hybridized carbons (Fsp3) is 0.714. The Morgan fingerprint density at radius 3 is 2.84 bits per heavy atom. The summed E-state index contributed by atoms with van der Waals surface area (Å²) in [6.07, 6.45) is 8.26. The van der Waals surface area contributed by atoms with Crippen molar-refractivity contribution >= 4 is 5.91 Å². The van der Waals surface area contributed by atoms with Crippen LogP contribution in [-0.4, -0.2) is 16.9 Å². The van der Waals surface area contributed by atoms with Crippen LogP contribution < -0.4 is 11.1 Å². The number of hydrogen-bond acceptors (Lipinski definition) is 4. The molecule has 0 saturated heterocycles. The minimum absolute atomic E-state index is 0.144. The van der Waals surface area contributed by atoms with Crippen LogP contribution in [0.25, 0.3) is 0 Å². The number of rotatable bonds is 6. The summed E-state index contributed by atoms with van der Waals surface area (Å²) >= 11 is 0. The SMILES string of the molecule is Cc1cnc(CN[C@H](CC(N)=O)C2CCCCC2)o1. The molecule has 0 aromatic carbocycles. The summed E-state index contributed by atoms with van der Waals surface area (Å²) in [4.78, 5) is 15.4. The van der Waals surface area contributed by atoms with Gasteiger partial charge in [0.15, 0.2) is 0 Å². The lowest BCUT2D eigenvalue weighted by Crippen LogP contribution is -2.40. The van der Waals surface area contributed by atoms with E-state index >= 15 is 0 Å². The summed E-state index contributed by atoms with van der Waals surface area (Å²) in [6, 6.07) is 0.144. The van der Waals surface area contributed by atoms with Gasteiger partial charge in [0.1, 0.15) is 5.76 Å². The van der Waals surface area contributed by atoms with E-state index in [0.29, 0.717) is 24.8 Å².